The molecule has 3 rings (SSSR count). The number of aromatic hydroxyl groups is 1. The fourth-order valence-corrected chi connectivity index (χ4v) is 4.58. The minimum atomic E-state index is -4.51. The van der Waals surface area contributed by atoms with Gasteiger partial charge in [-0.05, 0) is 72.8 Å². The zero-order valence-electron chi connectivity index (χ0n) is 21.2. The van der Waals surface area contributed by atoms with Gasteiger partial charge in [0, 0.05) is 6.54 Å². The van der Waals surface area contributed by atoms with E-state index in [1.807, 2.05) is 49.5 Å². The smallest absolute Gasteiger partial charge is 0.748 e. The van der Waals surface area contributed by atoms with Crippen LogP contribution in [0.5, 0.6) is 11.5 Å². The fourth-order valence-electron chi connectivity index (χ4n) is 3.82. The maximum absolute atomic E-state index is 11.8. The van der Waals surface area contributed by atoms with Gasteiger partial charge in [0.1, 0.15) is 18.1 Å². The molecular weight excluding hydrogens is 501 g/mol. The Morgan fingerprint density at radius 3 is 2.27 bits per heavy atom. The van der Waals surface area contributed by atoms with E-state index in [-0.39, 0.29) is 48.1 Å². The third kappa shape index (κ3) is 10.2. The first-order valence-electron chi connectivity index (χ1n) is 11.8. The summed E-state index contributed by atoms with van der Waals surface area (Å²) in [7, 11) is -2.61. The van der Waals surface area contributed by atoms with Crippen molar-refractivity contribution in [1.82, 2.24) is 5.32 Å². The molecule has 0 unspecified atom stereocenters. The number of aliphatic hydroxyl groups is 1. The van der Waals surface area contributed by atoms with Crippen LogP contribution in [-0.4, -0.2) is 35.5 Å². The van der Waals surface area contributed by atoms with Gasteiger partial charge in [-0.15, -0.1) is 0 Å². The van der Waals surface area contributed by atoms with Gasteiger partial charge < -0.3 is 24.8 Å². The Hall–Kier alpha value is -2.17. The number of benzene rings is 3. The average Bonchev–Trinajstić information content (AvgIpc) is 2.86. The Bertz CT molecular complexity index is 1230. The molecule has 0 amide bonds. The molecule has 0 saturated heterocycles. The zero-order chi connectivity index (χ0) is 26.0. The molecule has 2 atom stereocenters. The Kier molecular flexibility index (Phi) is 12.8. The molecule has 0 radical (unpaired) electrons. The molecule has 7 nitrogen and oxygen atoms in total. The molecule has 0 fully saturated rings. The molecule has 0 aliphatic heterocycles. The van der Waals surface area contributed by atoms with Crippen LogP contribution in [0.25, 0.3) is 0 Å². The van der Waals surface area contributed by atoms with Crippen molar-refractivity contribution < 1.29 is 57.5 Å². The van der Waals surface area contributed by atoms with Crippen molar-refractivity contribution in [1.29, 1.82) is 0 Å². The van der Waals surface area contributed by atoms with Crippen molar-refractivity contribution in [3.05, 3.63) is 107 Å². The van der Waals surface area contributed by atoms with E-state index in [4.69, 9.17) is 4.74 Å². The maximum Gasteiger partial charge on any atom is 1.00 e. The summed E-state index contributed by atoms with van der Waals surface area (Å²) >= 11 is 0. The zero-order valence-corrected chi connectivity index (χ0v) is 24.0. The van der Waals surface area contributed by atoms with E-state index in [2.05, 4.69) is 11.4 Å². The first-order valence-corrected chi connectivity index (χ1v) is 13.2. The maximum atomic E-state index is 11.8. The topological polar surface area (TPSA) is 119 Å². The normalized spacial score (nSPS) is 13.2. The van der Waals surface area contributed by atoms with Crippen LogP contribution >= 0.6 is 0 Å². The molecule has 3 N–H and O–H groups in total. The van der Waals surface area contributed by atoms with Crippen LogP contribution < -0.4 is 39.6 Å². The summed E-state index contributed by atoms with van der Waals surface area (Å²) in [5, 5.41) is 21.6. The van der Waals surface area contributed by atoms with E-state index in [1.54, 1.807) is 12.1 Å². The van der Waals surface area contributed by atoms with E-state index in [9.17, 15) is 23.2 Å². The molecule has 0 aliphatic rings. The van der Waals surface area contributed by atoms with Crippen LogP contribution in [0.15, 0.2) is 84.9 Å². The monoisotopic (exact) mass is 533 g/mol. The molecule has 0 aliphatic carbocycles. The summed E-state index contributed by atoms with van der Waals surface area (Å²) in [5.74, 6) is 0.791. The molecule has 3 aromatic carbocycles. The van der Waals surface area contributed by atoms with Gasteiger partial charge in [0.25, 0.3) is 0 Å². The third-order valence-electron chi connectivity index (χ3n) is 5.92. The SMILES string of the molecule is CNCc1ccccc1COc1ccc(CC[C@H](C/C=C/[C@@H](O)c2ccc(O)cc2)S(=O)(=O)[O-])cc1.[Na+]. The van der Waals surface area contributed by atoms with Gasteiger partial charge in [-0.2, -0.15) is 0 Å². The molecule has 192 valence electrons. The molecule has 3 aromatic rings. The average molecular weight is 534 g/mol. The first kappa shape index (κ1) is 31.1. The molecular formula is C28H32NNaO6S. The van der Waals surface area contributed by atoms with E-state index >= 15 is 0 Å². The molecule has 0 saturated carbocycles. The second kappa shape index (κ2) is 15.3. The number of ether oxygens (including phenoxy) is 1. The van der Waals surface area contributed by atoms with E-state index in [1.165, 1.54) is 29.8 Å². The standard InChI is InChI=1S/C28H33NO6S.Na/c1-29-19-23-5-2-3-6-24(23)20-35-26-16-9-21(10-17-26)11-18-27(36(32,33)34)7-4-8-28(31)22-12-14-25(30)15-13-22;/h2-6,8-10,12-17,27-31H,7,11,18-20H2,1H3,(H,32,33,34);/q;+1/p-1/b8-4+;/t27-,28+;/m0./s1. The predicted molar refractivity (Wildman–Crippen MR) is 139 cm³/mol. The largest absolute Gasteiger partial charge is 1.00 e. The van der Waals surface area contributed by atoms with Crippen molar-refractivity contribution in [2.75, 3.05) is 7.05 Å². The van der Waals surface area contributed by atoms with Crippen LogP contribution in [0.2, 0.25) is 0 Å². The van der Waals surface area contributed by atoms with Crippen molar-refractivity contribution in [2.24, 2.45) is 0 Å². The molecule has 9 heteroatoms. The van der Waals surface area contributed by atoms with Gasteiger partial charge in [0.15, 0.2) is 0 Å². The summed E-state index contributed by atoms with van der Waals surface area (Å²) in [5.41, 5.74) is 3.73. The minimum absolute atomic E-state index is 0. The molecule has 37 heavy (non-hydrogen) atoms. The molecule has 0 bridgehead atoms. The molecule has 0 spiro atoms. The van der Waals surface area contributed by atoms with Gasteiger partial charge >= 0.3 is 29.6 Å². The van der Waals surface area contributed by atoms with E-state index in [0.29, 0.717) is 24.3 Å². The Morgan fingerprint density at radius 1 is 1.00 bits per heavy atom. The minimum Gasteiger partial charge on any atom is -0.748 e. The number of hydrogen-bond donors (Lipinski definition) is 3. The van der Waals surface area contributed by atoms with Crippen molar-refractivity contribution in [3.8, 4) is 11.5 Å². The summed E-state index contributed by atoms with van der Waals surface area (Å²) in [4.78, 5) is 0. The number of nitrogens with one attached hydrogen (secondary N) is 1. The summed E-state index contributed by atoms with van der Waals surface area (Å²) in [6.45, 7) is 1.20. The first-order chi connectivity index (χ1) is 17.3. The number of phenols is 1. The van der Waals surface area contributed by atoms with Crippen LogP contribution in [0.4, 0.5) is 0 Å². The van der Waals surface area contributed by atoms with Crippen LogP contribution in [0, 0.1) is 0 Å². The number of aliphatic hydroxyl groups excluding tert-OH is 1. The van der Waals surface area contributed by atoms with Gasteiger partial charge in [0.2, 0.25) is 0 Å². The molecule has 0 heterocycles. The second-order valence-corrected chi connectivity index (χ2v) is 10.2. The Morgan fingerprint density at radius 2 is 1.65 bits per heavy atom. The molecule has 0 aromatic heterocycles. The van der Waals surface area contributed by atoms with Gasteiger partial charge in [-0.1, -0.05) is 60.7 Å². The van der Waals surface area contributed by atoms with Gasteiger partial charge in [-0.3, -0.25) is 0 Å². The number of allylic oxidation sites excluding steroid dienone is 1. The quantitative estimate of drug-likeness (QED) is 0.172. The van der Waals surface area contributed by atoms with Crippen LogP contribution in [-0.2, 0) is 29.7 Å². The van der Waals surface area contributed by atoms with Crippen molar-refractivity contribution >= 4 is 10.1 Å². The van der Waals surface area contributed by atoms with Crippen LogP contribution in [0.3, 0.4) is 0 Å². The van der Waals surface area contributed by atoms with Crippen molar-refractivity contribution in [3.63, 3.8) is 0 Å². The van der Waals surface area contributed by atoms with Gasteiger partial charge in [0.05, 0.1) is 21.5 Å². The second-order valence-electron chi connectivity index (χ2n) is 8.59. The summed E-state index contributed by atoms with van der Waals surface area (Å²) < 4.78 is 41.3. The fraction of sp³-hybridized carbons (Fsp3) is 0.286. The van der Waals surface area contributed by atoms with Gasteiger partial charge in [-0.25, -0.2) is 8.42 Å². The number of hydrogen-bond acceptors (Lipinski definition) is 7. The van der Waals surface area contributed by atoms with E-state index in [0.717, 1.165) is 17.7 Å². The Labute approximate surface area is 241 Å². The van der Waals surface area contributed by atoms with Crippen LogP contribution in [0.1, 0.15) is 41.2 Å². The summed E-state index contributed by atoms with van der Waals surface area (Å²) in [6, 6.07) is 21.5. The number of aryl methyl sites for hydroxylation is 1. The number of phenolic OH excluding ortho intramolecular Hbond substituents is 1. The number of rotatable bonds is 13. The summed E-state index contributed by atoms with van der Waals surface area (Å²) in [6.07, 6.45) is 2.60. The Balaban J connectivity index is 0.00000481. The predicted octanol–water partition coefficient (Wildman–Crippen LogP) is 1.22. The third-order valence-corrected chi connectivity index (χ3v) is 7.16. The van der Waals surface area contributed by atoms with Crippen molar-refractivity contribution in [2.45, 2.75) is 43.8 Å². The van der Waals surface area contributed by atoms with E-state index < -0.39 is 21.5 Å².